The lowest BCUT2D eigenvalue weighted by Crippen LogP contribution is -1.97. The van der Waals surface area contributed by atoms with Gasteiger partial charge in [0.25, 0.3) is 0 Å². The first-order chi connectivity index (χ1) is 16.3. The number of aromatic nitrogens is 1. The second kappa shape index (κ2) is 8.37. The quantitative estimate of drug-likeness (QED) is 0.144. The number of nitrogens with zero attached hydrogens (tertiary/aromatic N) is 1. The predicted molar refractivity (Wildman–Crippen MR) is 141 cm³/mol. The van der Waals surface area contributed by atoms with Crippen molar-refractivity contribution in [3.8, 4) is 16.9 Å². The van der Waals surface area contributed by atoms with E-state index in [1.54, 1.807) is 0 Å². The molecule has 0 aliphatic heterocycles. The van der Waals surface area contributed by atoms with Gasteiger partial charge in [-0.25, -0.2) is 0 Å². The average molecular weight is 430 g/mol. The van der Waals surface area contributed by atoms with E-state index in [1.807, 2.05) is 6.20 Å². The minimum atomic E-state index is 0.787. The van der Waals surface area contributed by atoms with Crippen molar-refractivity contribution in [3.63, 3.8) is 0 Å². The molecule has 1 heterocycles. The predicted octanol–water partition coefficient (Wildman–Crippen LogP) is 8.76. The lowest BCUT2D eigenvalue weighted by molar-refractivity contribution is 0.305. The molecular formula is C31H27NO. The van der Waals surface area contributed by atoms with Gasteiger partial charge in [0.05, 0.1) is 12.1 Å². The summed E-state index contributed by atoms with van der Waals surface area (Å²) in [5.41, 5.74) is 3.50. The molecular weight excluding hydrogens is 402 g/mol. The molecule has 0 saturated carbocycles. The highest BCUT2D eigenvalue weighted by atomic mass is 16.5. The molecule has 0 aliphatic rings. The van der Waals surface area contributed by atoms with Crippen LogP contribution >= 0.6 is 0 Å². The molecule has 0 N–H and O–H groups in total. The zero-order valence-corrected chi connectivity index (χ0v) is 19.0. The summed E-state index contributed by atoms with van der Waals surface area (Å²) in [5.74, 6) is 0.944. The van der Waals surface area contributed by atoms with E-state index < -0.39 is 0 Å². The molecule has 0 fully saturated rings. The Balaban J connectivity index is 1.47. The van der Waals surface area contributed by atoms with Crippen LogP contribution in [-0.2, 0) is 0 Å². The maximum atomic E-state index is 5.97. The molecule has 0 radical (unpaired) electrons. The molecule has 0 atom stereocenters. The third kappa shape index (κ3) is 3.47. The number of fused-ring (bicyclic) bond motifs is 2. The molecule has 162 valence electrons. The van der Waals surface area contributed by atoms with Crippen molar-refractivity contribution in [1.29, 1.82) is 0 Å². The summed E-state index contributed by atoms with van der Waals surface area (Å²) in [4.78, 5) is 4.70. The topological polar surface area (TPSA) is 22.1 Å². The lowest BCUT2D eigenvalue weighted by atomic mass is 9.88. The highest BCUT2D eigenvalue weighted by molar-refractivity contribution is 6.30. The Bertz CT molecular complexity index is 1570. The number of benzene rings is 5. The second-order valence-corrected chi connectivity index (χ2v) is 8.92. The molecule has 0 saturated heterocycles. The normalized spacial score (nSPS) is 11.8. The summed E-state index contributed by atoms with van der Waals surface area (Å²) in [6, 6.07) is 28.4. The van der Waals surface area contributed by atoms with Crippen LogP contribution < -0.4 is 4.74 Å². The van der Waals surface area contributed by atoms with E-state index >= 15 is 0 Å². The van der Waals surface area contributed by atoms with Gasteiger partial charge in [0.2, 0.25) is 0 Å². The maximum absolute atomic E-state index is 5.97. The first-order valence-corrected chi connectivity index (χ1v) is 12.0. The average Bonchev–Trinajstić information content (AvgIpc) is 2.87. The third-order valence-corrected chi connectivity index (χ3v) is 6.78. The number of ether oxygens (including phenoxy) is 1. The summed E-state index contributed by atoms with van der Waals surface area (Å²) in [5, 5.41) is 8.95. The Morgan fingerprint density at radius 3 is 2.45 bits per heavy atom. The van der Waals surface area contributed by atoms with Crippen LogP contribution in [0.3, 0.4) is 0 Å². The molecule has 6 rings (SSSR count). The molecule has 0 bridgehead atoms. The smallest absolute Gasteiger partial charge is 0.119 e. The van der Waals surface area contributed by atoms with Crippen LogP contribution in [0.1, 0.15) is 32.6 Å². The molecule has 1 aromatic heterocycles. The van der Waals surface area contributed by atoms with Crippen LogP contribution in [0, 0.1) is 0 Å². The van der Waals surface area contributed by atoms with E-state index in [2.05, 4.69) is 85.8 Å². The molecule has 0 spiro atoms. The third-order valence-electron chi connectivity index (χ3n) is 6.78. The van der Waals surface area contributed by atoms with Gasteiger partial charge in [-0.05, 0) is 86.3 Å². The number of unbranched alkanes of at least 4 members (excludes halogenated alkanes) is 3. The zero-order chi connectivity index (χ0) is 22.2. The summed E-state index contributed by atoms with van der Waals surface area (Å²) >= 11 is 0. The van der Waals surface area contributed by atoms with Gasteiger partial charge in [0.1, 0.15) is 5.75 Å². The van der Waals surface area contributed by atoms with Crippen molar-refractivity contribution in [2.75, 3.05) is 6.61 Å². The van der Waals surface area contributed by atoms with Gasteiger partial charge in [0, 0.05) is 11.6 Å². The molecule has 2 nitrogen and oxygen atoms in total. The van der Waals surface area contributed by atoms with E-state index in [0.29, 0.717) is 0 Å². The van der Waals surface area contributed by atoms with Gasteiger partial charge >= 0.3 is 0 Å². The standard InChI is InChI=1S/C31H27NO/c1-2-3-4-7-18-33-24-12-10-21(11-13-24)28-20-23-19-22-8-5-6-9-25(22)26-14-15-29-31(30(23)26)27(28)16-17-32-29/h5-6,8-17,19-20H,2-4,7,18H2,1H3. The molecule has 33 heavy (non-hydrogen) atoms. The molecule has 0 unspecified atom stereocenters. The Morgan fingerprint density at radius 1 is 0.697 bits per heavy atom. The van der Waals surface area contributed by atoms with E-state index in [9.17, 15) is 0 Å². The van der Waals surface area contributed by atoms with Gasteiger partial charge in [-0.2, -0.15) is 0 Å². The van der Waals surface area contributed by atoms with E-state index in [1.165, 1.54) is 68.1 Å². The zero-order valence-electron chi connectivity index (χ0n) is 19.0. The molecule has 5 aromatic carbocycles. The monoisotopic (exact) mass is 429 g/mol. The van der Waals surface area contributed by atoms with Crippen molar-refractivity contribution in [2.24, 2.45) is 0 Å². The Morgan fingerprint density at radius 2 is 1.58 bits per heavy atom. The van der Waals surface area contributed by atoms with Crippen LogP contribution in [0.5, 0.6) is 5.75 Å². The van der Waals surface area contributed by atoms with Crippen molar-refractivity contribution < 1.29 is 4.74 Å². The molecule has 0 amide bonds. The largest absolute Gasteiger partial charge is 0.494 e. The van der Waals surface area contributed by atoms with E-state index in [4.69, 9.17) is 9.72 Å². The number of hydrogen-bond donors (Lipinski definition) is 0. The van der Waals surface area contributed by atoms with Crippen LogP contribution in [0.2, 0.25) is 0 Å². The molecule has 2 heteroatoms. The molecule has 6 aromatic rings. The summed E-state index contributed by atoms with van der Waals surface area (Å²) < 4.78 is 5.97. The highest BCUT2D eigenvalue weighted by Crippen LogP contribution is 2.42. The number of pyridine rings is 1. The van der Waals surface area contributed by atoms with E-state index in [0.717, 1.165) is 24.3 Å². The molecule has 0 aliphatic carbocycles. The van der Waals surface area contributed by atoms with Gasteiger partial charge in [0.15, 0.2) is 0 Å². The van der Waals surface area contributed by atoms with Crippen molar-refractivity contribution in [2.45, 2.75) is 32.6 Å². The minimum absolute atomic E-state index is 0.787. The van der Waals surface area contributed by atoms with Crippen LogP contribution in [0.25, 0.3) is 54.3 Å². The highest BCUT2D eigenvalue weighted by Gasteiger charge is 2.15. The van der Waals surface area contributed by atoms with Crippen molar-refractivity contribution in [1.82, 2.24) is 4.98 Å². The number of rotatable bonds is 7. The first-order valence-electron chi connectivity index (χ1n) is 12.0. The van der Waals surface area contributed by atoms with Crippen molar-refractivity contribution >= 4 is 43.2 Å². The lowest BCUT2D eigenvalue weighted by Gasteiger charge is -2.16. The SMILES string of the molecule is CCCCCCOc1ccc(-c2cc3cc4ccccc4c4ccc5nccc2c5c34)cc1. The first kappa shape index (κ1) is 20.0. The van der Waals surface area contributed by atoms with Gasteiger partial charge in [-0.1, -0.05) is 68.7 Å². The Hall–Kier alpha value is -3.65. The Labute approximate surface area is 194 Å². The van der Waals surface area contributed by atoms with Crippen molar-refractivity contribution in [3.05, 3.63) is 85.1 Å². The fourth-order valence-corrected chi connectivity index (χ4v) is 5.14. The maximum Gasteiger partial charge on any atom is 0.119 e. The van der Waals surface area contributed by atoms with Gasteiger partial charge < -0.3 is 4.74 Å². The minimum Gasteiger partial charge on any atom is -0.494 e. The number of hydrogen-bond acceptors (Lipinski definition) is 2. The van der Waals surface area contributed by atoms with Gasteiger partial charge in [-0.3, -0.25) is 4.98 Å². The summed E-state index contributed by atoms with van der Waals surface area (Å²) in [7, 11) is 0. The summed E-state index contributed by atoms with van der Waals surface area (Å²) in [6.45, 7) is 3.02. The van der Waals surface area contributed by atoms with E-state index in [-0.39, 0.29) is 0 Å². The van der Waals surface area contributed by atoms with Gasteiger partial charge in [-0.15, -0.1) is 0 Å². The van der Waals surface area contributed by atoms with Crippen LogP contribution in [0.15, 0.2) is 85.1 Å². The fourth-order valence-electron chi connectivity index (χ4n) is 5.14. The fraction of sp³-hybridized carbons (Fsp3) is 0.194. The second-order valence-electron chi connectivity index (χ2n) is 8.92. The Kier molecular flexibility index (Phi) is 5.07. The van der Waals surface area contributed by atoms with Crippen LogP contribution in [-0.4, -0.2) is 11.6 Å². The summed E-state index contributed by atoms with van der Waals surface area (Å²) in [6.07, 6.45) is 6.81. The van der Waals surface area contributed by atoms with Crippen LogP contribution in [0.4, 0.5) is 0 Å².